The summed E-state index contributed by atoms with van der Waals surface area (Å²) in [7, 11) is 1.63. The van der Waals surface area contributed by atoms with Gasteiger partial charge in [0.05, 0.1) is 48.5 Å². The maximum absolute atomic E-state index is 6.52. The van der Waals surface area contributed by atoms with E-state index in [4.69, 9.17) is 35.8 Å². The Bertz CT molecular complexity index is 831. The average molecular weight is 420 g/mol. The van der Waals surface area contributed by atoms with Crippen LogP contribution in [0.3, 0.4) is 0 Å². The van der Waals surface area contributed by atoms with Gasteiger partial charge in [-0.05, 0) is 37.5 Å². The molecule has 3 rings (SSSR count). The molecule has 0 saturated carbocycles. The third-order valence-electron chi connectivity index (χ3n) is 5.03. The number of aryl methyl sites for hydroxylation is 2. The molecule has 2 heterocycles. The Morgan fingerprint density at radius 3 is 2.59 bits per heavy atom. The Labute approximate surface area is 177 Å². The molecule has 0 spiro atoms. The highest BCUT2D eigenvalue weighted by Crippen LogP contribution is 2.33. The summed E-state index contributed by atoms with van der Waals surface area (Å²) in [5.74, 6) is 1.52. The van der Waals surface area contributed by atoms with Gasteiger partial charge in [0.1, 0.15) is 17.7 Å². The van der Waals surface area contributed by atoms with Crippen LogP contribution in [0.25, 0.3) is 11.3 Å². The third kappa shape index (κ3) is 5.00. The number of nitrogens with zero attached hydrogens (tertiary/aromatic N) is 2. The molecule has 0 radical (unpaired) electrons. The van der Waals surface area contributed by atoms with E-state index in [9.17, 15) is 0 Å². The fraction of sp³-hybridized carbons (Fsp3) is 0.545. The number of rotatable bonds is 9. The quantitative estimate of drug-likeness (QED) is 0.643. The summed E-state index contributed by atoms with van der Waals surface area (Å²) in [6.07, 6.45) is 2.52. The molecule has 6 nitrogen and oxygen atoms in total. The maximum Gasteiger partial charge on any atom is 0.148 e. The standard InChI is InChI=1S/C22H30ClN3O3/c1-5-10-29-20-13-28-12-19(20)26-22-18(7-3)24-21(17(6-2)25-22)15-9-8-14(27-4)11-16(15)23/h8-9,11,19-20H,5-7,10,12-13H2,1-4H3,(H,25,26). The van der Waals surface area contributed by atoms with Crippen molar-refractivity contribution in [1.29, 1.82) is 0 Å². The number of halogens is 1. The van der Waals surface area contributed by atoms with Crippen LogP contribution in [0.4, 0.5) is 5.82 Å². The molecule has 1 fully saturated rings. The van der Waals surface area contributed by atoms with Gasteiger partial charge in [0.25, 0.3) is 0 Å². The minimum absolute atomic E-state index is 0.0299. The molecule has 1 saturated heterocycles. The minimum atomic E-state index is 0.0299. The first-order valence-electron chi connectivity index (χ1n) is 10.3. The first-order chi connectivity index (χ1) is 14.1. The Hall–Kier alpha value is -1.89. The zero-order valence-corrected chi connectivity index (χ0v) is 18.4. The van der Waals surface area contributed by atoms with Crippen molar-refractivity contribution in [2.45, 2.75) is 52.2 Å². The van der Waals surface area contributed by atoms with Crippen LogP contribution >= 0.6 is 11.6 Å². The van der Waals surface area contributed by atoms with Gasteiger partial charge in [-0.25, -0.2) is 9.97 Å². The lowest BCUT2D eigenvalue weighted by Gasteiger charge is -2.22. The Morgan fingerprint density at radius 2 is 1.93 bits per heavy atom. The molecule has 158 valence electrons. The Kier molecular flexibility index (Phi) is 7.70. The van der Waals surface area contributed by atoms with Crippen LogP contribution < -0.4 is 10.1 Å². The monoisotopic (exact) mass is 419 g/mol. The van der Waals surface area contributed by atoms with Crippen LogP contribution in [-0.2, 0) is 22.3 Å². The lowest BCUT2D eigenvalue weighted by molar-refractivity contribution is 0.0400. The highest BCUT2D eigenvalue weighted by Gasteiger charge is 2.30. The predicted octanol–water partition coefficient (Wildman–Crippen LogP) is 4.54. The molecule has 1 N–H and O–H groups in total. The highest BCUT2D eigenvalue weighted by molar-refractivity contribution is 6.33. The van der Waals surface area contributed by atoms with E-state index in [0.717, 1.165) is 60.1 Å². The average Bonchev–Trinajstić information content (AvgIpc) is 3.18. The molecule has 0 amide bonds. The van der Waals surface area contributed by atoms with E-state index in [-0.39, 0.29) is 12.1 Å². The van der Waals surface area contributed by atoms with E-state index in [2.05, 4.69) is 26.1 Å². The number of benzene rings is 1. The second-order valence-corrected chi connectivity index (χ2v) is 7.47. The van der Waals surface area contributed by atoms with Gasteiger partial charge in [-0.1, -0.05) is 32.4 Å². The van der Waals surface area contributed by atoms with Gasteiger partial charge in [0, 0.05) is 12.2 Å². The summed E-state index contributed by atoms with van der Waals surface area (Å²) in [5.41, 5.74) is 3.50. The van der Waals surface area contributed by atoms with Crippen molar-refractivity contribution in [2.24, 2.45) is 0 Å². The summed E-state index contributed by atoms with van der Waals surface area (Å²) >= 11 is 6.52. The van der Waals surface area contributed by atoms with Crippen LogP contribution in [0.1, 0.15) is 38.6 Å². The smallest absolute Gasteiger partial charge is 0.148 e. The summed E-state index contributed by atoms with van der Waals surface area (Å²) in [5, 5.41) is 4.13. The molecule has 29 heavy (non-hydrogen) atoms. The molecule has 1 aromatic carbocycles. The van der Waals surface area contributed by atoms with E-state index in [1.165, 1.54) is 0 Å². The van der Waals surface area contributed by atoms with Crippen molar-refractivity contribution < 1.29 is 14.2 Å². The van der Waals surface area contributed by atoms with Crippen LogP contribution in [0, 0.1) is 0 Å². The van der Waals surface area contributed by atoms with Crippen molar-refractivity contribution in [2.75, 3.05) is 32.2 Å². The molecule has 7 heteroatoms. The Morgan fingerprint density at radius 1 is 1.14 bits per heavy atom. The first kappa shape index (κ1) is 21.8. The molecule has 1 aliphatic rings. The van der Waals surface area contributed by atoms with Crippen molar-refractivity contribution in [3.63, 3.8) is 0 Å². The molecule has 2 aromatic rings. The van der Waals surface area contributed by atoms with E-state index in [0.29, 0.717) is 18.2 Å². The number of anilines is 1. The van der Waals surface area contributed by atoms with Crippen molar-refractivity contribution in [3.05, 3.63) is 34.6 Å². The summed E-state index contributed by atoms with van der Waals surface area (Å²) in [6, 6.07) is 5.71. The van der Waals surface area contributed by atoms with Crippen LogP contribution in [0.2, 0.25) is 5.02 Å². The number of hydrogen-bond acceptors (Lipinski definition) is 6. The largest absolute Gasteiger partial charge is 0.497 e. The third-order valence-corrected chi connectivity index (χ3v) is 5.34. The summed E-state index contributed by atoms with van der Waals surface area (Å²) < 4.78 is 16.8. The van der Waals surface area contributed by atoms with E-state index < -0.39 is 0 Å². The highest BCUT2D eigenvalue weighted by atomic mass is 35.5. The van der Waals surface area contributed by atoms with Gasteiger partial charge in [-0.3, -0.25) is 0 Å². The number of nitrogens with one attached hydrogen (secondary N) is 1. The second kappa shape index (κ2) is 10.2. The molecule has 2 unspecified atom stereocenters. The van der Waals surface area contributed by atoms with Crippen molar-refractivity contribution >= 4 is 17.4 Å². The van der Waals surface area contributed by atoms with Gasteiger partial charge < -0.3 is 19.5 Å². The van der Waals surface area contributed by atoms with Crippen LogP contribution in [-0.4, -0.2) is 49.0 Å². The molecular weight excluding hydrogens is 390 g/mol. The molecule has 0 aliphatic carbocycles. The zero-order valence-electron chi connectivity index (χ0n) is 17.6. The van der Waals surface area contributed by atoms with Gasteiger partial charge in [-0.2, -0.15) is 0 Å². The second-order valence-electron chi connectivity index (χ2n) is 7.06. The van der Waals surface area contributed by atoms with E-state index in [1.807, 2.05) is 12.1 Å². The number of ether oxygens (including phenoxy) is 3. The lowest BCUT2D eigenvalue weighted by atomic mass is 10.1. The predicted molar refractivity (Wildman–Crippen MR) is 116 cm³/mol. The van der Waals surface area contributed by atoms with Gasteiger partial charge in [0.15, 0.2) is 0 Å². The zero-order chi connectivity index (χ0) is 20.8. The van der Waals surface area contributed by atoms with Gasteiger partial charge in [-0.15, -0.1) is 0 Å². The first-order valence-corrected chi connectivity index (χ1v) is 10.7. The molecule has 2 atom stereocenters. The summed E-state index contributed by atoms with van der Waals surface area (Å²) in [4.78, 5) is 9.87. The SMILES string of the molecule is CCCOC1COCC1Nc1nc(CC)c(-c2ccc(OC)cc2Cl)nc1CC. The lowest BCUT2D eigenvalue weighted by Crippen LogP contribution is -2.35. The topological polar surface area (TPSA) is 65.5 Å². The number of aromatic nitrogens is 2. The normalized spacial score (nSPS) is 18.8. The van der Waals surface area contributed by atoms with Crippen LogP contribution in [0.15, 0.2) is 18.2 Å². The van der Waals surface area contributed by atoms with E-state index in [1.54, 1.807) is 13.2 Å². The fourth-order valence-corrected chi connectivity index (χ4v) is 3.68. The van der Waals surface area contributed by atoms with Gasteiger partial charge >= 0.3 is 0 Å². The fourth-order valence-electron chi connectivity index (χ4n) is 3.42. The molecular formula is C22H30ClN3O3. The van der Waals surface area contributed by atoms with Crippen LogP contribution in [0.5, 0.6) is 5.75 Å². The summed E-state index contributed by atoms with van der Waals surface area (Å²) in [6.45, 7) is 8.20. The number of hydrogen-bond donors (Lipinski definition) is 1. The molecule has 0 bridgehead atoms. The minimum Gasteiger partial charge on any atom is -0.497 e. The molecule has 1 aliphatic heterocycles. The number of methoxy groups -OCH3 is 1. The molecule has 1 aromatic heterocycles. The maximum atomic E-state index is 6.52. The van der Waals surface area contributed by atoms with Crippen molar-refractivity contribution in [1.82, 2.24) is 9.97 Å². The van der Waals surface area contributed by atoms with Crippen molar-refractivity contribution in [3.8, 4) is 17.0 Å². The Balaban J connectivity index is 1.92. The van der Waals surface area contributed by atoms with E-state index >= 15 is 0 Å². The van der Waals surface area contributed by atoms with Gasteiger partial charge in [0.2, 0.25) is 0 Å².